The summed E-state index contributed by atoms with van der Waals surface area (Å²) >= 11 is 0. The molecule has 1 N–H and O–H groups in total. The highest BCUT2D eigenvalue weighted by Gasteiger charge is 2.15. The molecule has 0 aliphatic rings. The molecule has 0 atom stereocenters. The molecule has 0 spiro atoms. The molecule has 1 heterocycles. The number of amides is 1. The van der Waals surface area contributed by atoms with Gasteiger partial charge in [0.2, 0.25) is 0 Å². The van der Waals surface area contributed by atoms with Crippen molar-refractivity contribution in [2.24, 2.45) is 0 Å². The largest absolute Gasteiger partial charge is 0.494 e. The fourth-order valence-corrected chi connectivity index (χ4v) is 3.17. The molecule has 3 aromatic carbocycles. The number of pyridine rings is 1. The number of rotatable bonds is 5. The number of halogens is 2. The SMILES string of the molecule is CCOc1ccc(-c2cc(C(=O)Nc3ccc(F)c(F)c3)c3ccccc3n2)cc1. The Bertz CT molecular complexity index is 1220. The molecule has 0 aliphatic heterocycles. The van der Waals surface area contributed by atoms with Crippen LogP contribution in [0.15, 0.2) is 72.8 Å². The number of anilines is 1. The lowest BCUT2D eigenvalue weighted by Crippen LogP contribution is -2.13. The fraction of sp³-hybridized carbons (Fsp3) is 0.0833. The van der Waals surface area contributed by atoms with E-state index in [0.717, 1.165) is 23.4 Å². The summed E-state index contributed by atoms with van der Waals surface area (Å²) in [5.74, 6) is -1.69. The van der Waals surface area contributed by atoms with Gasteiger partial charge in [0.1, 0.15) is 5.75 Å². The summed E-state index contributed by atoms with van der Waals surface area (Å²) in [4.78, 5) is 17.6. The van der Waals surface area contributed by atoms with E-state index >= 15 is 0 Å². The molecule has 0 aliphatic carbocycles. The van der Waals surface area contributed by atoms with Gasteiger partial charge >= 0.3 is 0 Å². The minimum Gasteiger partial charge on any atom is -0.494 e. The van der Waals surface area contributed by atoms with Gasteiger partial charge in [-0.25, -0.2) is 13.8 Å². The first-order valence-electron chi connectivity index (χ1n) is 9.44. The van der Waals surface area contributed by atoms with Crippen LogP contribution in [0, 0.1) is 11.6 Å². The highest BCUT2D eigenvalue weighted by atomic mass is 19.2. The number of aromatic nitrogens is 1. The summed E-state index contributed by atoms with van der Waals surface area (Å²) in [6.07, 6.45) is 0. The Morgan fingerprint density at radius 3 is 2.47 bits per heavy atom. The van der Waals surface area contributed by atoms with Crippen LogP contribution in [0.5, 0.6) is 5.75 Å². The number of carbonyl (C=O) groups is 1. The van der Waals surface area contributed by atoms with E-state index < -0.39 is 17.5 Å². The lowest BCUT2D eigenvalue weighted by molar-refractivity contribution is 0.102. The topological polar surface area (TPSA) is 51.2 Å². The van der Waals surface area contributed by atoms with Crippen molar-refractivity contribution < 1.29 is 18.3 Å². The number of fused-ring (bicyclic) bond motifs is 1. The van der Waals surface area contributed by atoms with Crippen molar-refractivity contribution >= 4 is 22.5 Å². The van der Waals surface area contributed by atoms with Crippen molar-refractivity contribution in [2.75, 3.05) is 11.9 Å². The van der Waals surface area contributed by atoms with E-state index in [0.29, 0.717) is 28.8 Å². The molecule has 0 fully saturated rings. The van der Waals surface area contributed by atoms with Crippen LogP contribution in [-0.4, -0.2) is 17.5 Å². The van der Waals surface area contributed by atoms with Gasteiger partial charge in [-0.15, -0.1) is 0 Å². The quantitative estimate of drug-likeness (QED) is 0.455. The summed E-state index contributed by atoms with van der Waals surface area (Å²) in [5, 5.41) is 3.29. The number of nitrogens with one attached hydrogen (secondary N) is 1. The number of nitrogens with zero attached hydrogens (tertiary/aromatic N) is 1. The number of benzene rings is 3. The molecule has 0 saturated heterocycles. The van der Waals surface area contributed by atoms with Gasteiger partial charge in [-0.3, -0.25) is 4.79 Å². The predicted molar refractivity (Wildman–Crippen MR) is 113 cm³/mol. The van der Waals surface area contributed by atoms with Crippen LogP contribution in [0.25, 0.3) is 22.2 Å². The highest BCUT2D eigenvalue weighted by Crippen LogP contribution is 2.27. The maximum Gasteiger partial charge on any atom is 0.256 e. The summed E-state index contributed by atoms with van der Waals surface area (Å²) in [6.45, 7) is 2.48. The average Bonchev–Trinajstić information content (AvgIpc) is 2.76. The van der Waals surface area contributed by atoms with Crippen molar-refractivity contribution in [1.29, 1.82) is 0 Å². The lowest BCUT2D eigenvalue weighted by atomic mass is 10.0. The number of hydrogen-bond donors (Lipinski definition) is 1. The fourth-order valence-electron chi connectivity index (χ4n) is 3.17. The number of carbonyl (C=O) groups excluding carboxylic acids is 1. The summed E-state index contributed by atoms with van der Waals surface area (Å²) in [5.41, 5.74) is 2.65. The molecule has 0 unspecified atom stereocenters. The Labute approximate surface area is 172 Å². The third kappa shape index (κ3) is 3.98. The summed E-state index contributed by atoms with van der Waals surface area (Å²) in [6, 6.07) is 19.6. The maximum absolute atomic E-state index is 13.5. The van der Waals surface area contributed by atoms with E-state index in [4.69, 9.17) is 4.74 Å². The first kappa shape index (κ1) is 19.5. The second kappa shape index (κ2) is 8.29. The van der Waals surface area contributed by atoms with E-state index in [2.05, 4.69) is 10.3 Å². The van der Waals surface area contributed by atoms with Gasteiger partial charge in [0.05, 0.1) is 23.4 Å². The molecule has 1 aromatic heterocycles. The molecule has 0 saturated carbocycles. The molecule has 4 rings (SSSR count). The van der Waals surface area contributed by atoms with Gasteiger partial charge in [0.15, 0.2) is 11.6 Å². The molecule has 4 nitrogen and oxygen atoms in total. The third-order valence-corrected chi connectivity index (χ3v) is 4.60. The molecule has 150 valence electrons. The van der Waals surface area contributed by atoms with Gasteiger partial charge in [-0.05, 0) is 55.5 Å². The zero-order valence-electron chi connectivity index (χ0n) is 16.2. The van der Waals surface area contributed by atoms with Gasteiger partial charge in [0, 0.05) is 22.7 Å². The second-order valence-electron chi connectivity index (χ2n) is 6.61. The van der Waals surface area contributed by atoms with E-state index in [1.807, 2.05) is 49.4 Å². The van der Waals surface area contributed by atoms with Crippen LogP contribution >= 0.6 is 0 Å². The Balaban J connectivity index is 1.74. The van der Waals surface area contributed by atoms with E-state index in [-0.39, 0.29) is 5.69 Å². The standard InChI is InChI=1S/C24H18F2N2O2/c1-2-30-17-10-7-15(8-11-17)23-14-19(18-5-3-4-6-22(18)28-23)24(29)27-16-9-12-20(25)21(26)13-16/h3-14H,2H2,1H3,(H,27,29). The molecular formula is C24H18F2N2O2. The third-order valence-electron chi connectivity index (χ3n) is 4.60. The summed E-state index contributed by atoms with van der Waals surface area (Å²) < 4.78 is 32.2. The van der Waals surface area contributed by atoms with Gasteiger partial charge in [0.25, 0.3) is 5.91 Å². The molecule has 4 aromatic rings. The van der Waals surface area contributed by atoms with Gasteiger partial charge in [-0.2, -0.15) is 0 Å². The Hall–Kier alpha value is -3.80. The maximum atomic E-state index is 13.5. The number of ether oxygens (including phenoxy) is 1. The van der Waals surface area contributed by atoms with Crippen LogP contribution in [0.3, 0.4) is 0 Å². The van der Waals surface area contributed by atoms with E-state index in [9.17, 15) is 13.6 Å². The Kier molecular flexibility index (Phi) is 5.39. The van der Waals surface area contributed by atoms with Crippen molar-refractivity contribution in [1.82, 2.24) is 4.98 Å². The lowest BCUT2D eigenvalue weighted by Gasteiger charge is -2.11. The molecule has 0 bridgehead atoms. The molecular weight excluding hydrogens is 386 g/mol. The van der Waals surface area contributed by atoms with Gasteiger partial charge < -0.3 is 10.1 Å². The van der Waals surface area contributed by atoms with Crippen LogP contribution in [0.2, 0.25) is 0 Å². The van der Waals surface area contributed by atoms with Crippen LogP contribution < -0.4 is 10.1 Å². The molecule has 6 heteroatoms. The van der Waals surface area contributed by atoms with E-state index in [1.165, 1.54) is 6.07 Å². The van der Waals surface area contributed by atoms with Crippen molar-refractivity contribution in [2.45, 2.75) is 6.92 Å². The molecule has 30 heavy (non-hydrogen) atoms. The zero-order chi connectivity index (χ0) is 21.1. The minimum absolute atomic E-state index is 0.169. The zero-order valence-corrected chi connectivity index (χ0v) is 16.2. The van der Waals surface area contributed by atoms with Crippen molar-refractivity contribution in [3.63, 3.8) is 0 Å². The van der Waals surface area contributed by atoms with Crippen molar-refractivity contribution in [3.05, 3.63) is 90.0 Å². The monoisotopic (exact) mass is 404 g/mol. The van der Waals surface area contributed by atoms with Crippen molar-refractivity contribution in [3.8, 4) is 17.0 Å². The second-order valence-corrected chi connectivity index (χ2v) is 6.61. The number of hydrogen-bond acceptors (Lipinski definition) is 3. The highest BCUT2D eigenvalue weighted by molar-refractivity contribution is 6.13. The first-order valence-corrected chi connectivity index (χ1v) is 9.44. The minimum atomic E-state index is -1.03. The van der Waals surface area contributed by atoms with Crippen LogP contribution in [0.4, 0.5) is 14.5 Å². The van der Waals surface area contributed by atoms with Crippen LogP contribution in [0.1, 0.15) is 17.3 Å². The number of para-hydroxylation sites is 1. The smallest absolute Gasteiger partial charge is 0.256 e. The molecule has 0 radical (unpaired) electrons. The normalized spacial score (nSPS) is 10.8. The first-order chi connectivity index (χ1) is 14.5. The average molecular weight is 404 g/mol. The van der Waals surface area contributed by atoms with Crippen LogP contribution in [-0.2, 0) is 0 Å². The van der Waals surface area contributed by atoms with Gasteiger partial charge in [-0.1, -0.05) is 18.2 Å². The molecule has 1 amide bonds. The predicted octanol–water partition coefficient (Wildman–Crippen LogP) is 5.83. The van der Waals surface area contributed by atoms with E-state index in [1.54, 1.807) is 12.1 Å². The Morgan fingerprint density at radius 2 is 1.73 bits per heavy atom. The Morgan fingerprint density at radius 1 is 0.967 bits per heavy atom. The summed E-state index contributed by atoms with van der Waals surface area (Å²) in [7, 11) is 0.